The molecule has 88 valence electrons. The normalized spacial score (nSPS) is 13.1. The summed E-state index contributed by atoms with van der Waals surface area (Å²) in [6.07, 6.45) is 0.919. The first-order chi connectivity index (χ1) is 6.60. The lowest BCUT2D eigenvalue weighted by Crippen LogP contribution is -2.55. The zero-order valence-corrected chi connectivity index (χ0v) is 11.2. The first kappa shape index (κ1) is 16.5. The maximum atomic E-state index is 5.94. The average molecular weight is 222 g/mol. The molecule has 0 spiro atoms. The van der Waals surface area contributed by atoms with Gasteiger partial charge in [-0.15, -0.1) is 0 Å². The zero-order chi connectivity index (χ0) is 11.6. The van der Waals surface area contributed by atoms with Crippen molar-refractivity contribution in [3.05, 3.63) is 0 Å². The second-order valence-corrected chi connectivity index (χ2v) is 6.25. The van der Waals surface area contributed by atoms with Crippen molar-refractivity contribution in [1.82, 2.24) is 0 Å². The maximum absolute atomic E-state index is 5.94. The van der Waals surface area contributed by atoms with Gasteiger partial charge >= 0.3 is 8.56 Å². The van der Waals surface area contributed by atoms with Crippen molar-refractivity contribution in [2.24, 2.45) is 11.5 Å². The number of nitrogens with two attached hydrogens (primary N) is 2. The third-order valence-corrected chi connectivity index (χ3v) is 5.45. The fourth-order valence-electron chi connectivity index (χ4n) is 1.20. The van der Waals surface area contributed by atoms with Gasteiger partial charge in [0.2, 0.25) is 0 Å². The predicted octanol–water partition coefficient (Wildman–Crippen LogP) is 0.983. The van der Waals surface area contributed by atoms with Crippen LogP contribution in [0.15, 0.2) is 0 Å². The molecule has 1 atom stereocenters. The summed E-state index contributed by atoms with van der Waals surface area (Å²) in [4.78, 5) is 0. The highest BCUT2D eigenvalue weighted by molar-refractivity contribution is 6.67. The molecule has 0 aromatic rings. The van der Waals surface area contributed by atoms with E-state index in [4.69, 9.17) is 14.6 Å². The van der Waals surface area contributed by atoms with E-state index in [2.05, 4.69) is 12.7 Å². The Morgan fingerprint density at radius 1 is 1.07 bits per heavy atom. The van der Waals surface area contributed by atoms with Crippen LogP contribution in [0.2, 0.25) is 6.55 Å². The number of rotatable bonds is 6. The molecule has 1 unspecified atom stereocenters. The first-order valence-electron chi connectivity index (χ1n) is 5.21. The lowest BCUT2D eigenvalue weighted by Gasteiger charge is -2.30. The van der Waals surface area contributed by atoms with E-state index in [0.29, 0.717) is 13.2 Å². The van der Waals surface area contributed by atoms with Gasteiger partial charge in [-0.25, -0.2) is 0 Å². The summed E-state index contributed by atoms with van der Waals surface area (Å²) >= 11 is 0. The van der Waals surface area contributed by atoms with Crippen molar-refractivity contribution < 1.29 is 8.85 Å². The summed E-state index contributed by atoms with van der Waals surface area (Å²) in [5.74, 6) is 0. The smallest absolute Gasteiger partial charge is 0.352 e. The molecule has 0 fully saturated rings. The molecule has 0 radical (unpaired) electrons. The summed E-state index contributed by atoms with van der Waals surface area (Å²) in [6.45, 7) is 9.44. The standard InChI is InChI=1S/C8H21NO2Si.CH5N/c1-5-8(9)12(4,10-6-2)11-7-3;1-2/h8H,5-7,9H2,1-4H3;2H2,1H3. The van der Waals surface area contributed by atoms with Gasteiger partial charge in [0.1, 0.15) is 0 Å². The van der Waals surface area contributed by atoms with Gasteiger partial charge in [0, 0.05) is 18.9 Å². The molecule has 4 N–H and O–H groups in total. The van der Waals surface area contributed by atoms with E-state index >= 15 is 0 Å². The van der Waals surface area contributed by atoms with Gasteiger partial charge in [0.05, 0.1) is 0 Å². The van der Waals surface area contributed by atoms with Gasteiger partial charge in [0.25, 0.3) is 0 Å². The first-order valence-corrected chi connectivity index (χ1v) is 7.61. The Morgan fingerprint density at radius 3 is 1.64 bits per heavy atom. The lowest BCUT2D eigenvalue weighted by molar-refractivity contribution is 0.179. The second kappa shape index (κ2) is 9.61. The molecule has 5 heteroatoms. The van der Waals surface area contributed by atoms with Gasteiger partial charge < -0.3 is 20.3 Å². The molecule has 0 aromatic heterocycles. The van der Waals surface area contributed by atoms with Crippen molar-refractivity contribution in [2.45, 2.75) is 39.4 Å². The minimum Gasteiger partial charge on any atom is -0.394 e. The Bertz CT molecular complexity index is 119. The van der Waals surface area contributed by atoms with E-state index in [1.807, 2.05) is 20.4 Å². The third-order valence-electron chi connectivity index (χ3n) is 1.98. The van der Waals surface area contributed by atoms with Gasteiger partial charge in [-0.3, -0.25) is 0 Å². The molecule has 0 amide bonds. The van der Waals surface area contributed by atoms with Crippen LogP contribution in [0.1, 0.15) is 27.2 Å². The van der Waals surface area contributed by atoms with Crippen molar-refractivity contribution in [3.8, 4) is 0 Å². The van der Waals surface area contributed by atoms with Crippen molar-refractivity contribution in [1.29, 1.82) is 0 Å². The third kappa shape index (κ3) is 5.72. The van der Waals surface area contributed by atoms with Gasteiger partial charge in [0.15, 0.2) is 0 Å². The topological polar surface area (TPSA) is 70.5 Å². The Morgan fingerprint density at radius 2 is 1.43 bits per heavy atom. The lowest BCUT2D eigenvalue weighted by atomic mass is 10.5. The maximum Gasteiger partial charge on any atom is 0.352 e. The molecule has 0 saturated carbocycles. The van der Waals surface area contributed by atoms with Crippen molar-refractivity contribution in [3.63, 3.8) is 0 Å². The Kier molecular flexibility index (Phi) is 11.3. The van der Waals surface area contributed by atoms with Gasteiger partial charge in [-0.1, -0.05) is 6.92 Å². The van der Waals surface area contributed by atoms with Crippen LogP contribution in [0.3, 0.4) is 0 Å². The van der Waals surface area contributed by atoms with Crippen LogP contribution in [0.5, 0.6) is 0 Å². The van der Waals surface area contributed by atoms with E-state index in [9.17, 15) is 0 Å². The highest BCUT2D eigenvalue weighted by Crippen LogP contribution is 2.13. The molecule has 0 aliphatic rings. The quantitative estimate of drug-likeness (QED) is 0.657. The van der Waals surface area contributed by atoms with E-state index in [0.717, 1.165) is 6.42 Å². The summed E-state index contributed by atoms with van der Waals surface area (Å²) in [6, 6.07) is 0. The van der Waals surface area contributed by atoms with Crippen LogP contribution in [0.25, 0.3) is 0 Å². The molecule has 4 nitrogen and oxygen atoms in total. The molecule has 0 aliphatic carbocycles. The Labute approximate surface area is 89.2 Å². The molecule has 0 bridgehead atoms. The fourth-order valence-corrected chi connectivity index (χ4v) is 3.60. The molecular weight excluding hydrogens is 196 g/mol. The fraction of sp³-hybridized carbons (Fsp3) is 1.00. The number of hydrogen-bond donors (Lipinski definition) is 2. The van der Waals surface area contributed by atoms with Gasteiger partial charge in [-0.05, 0) is 33.9 Å². The summed E-state index contributed by atoms with van der Waals surface area (Å²) in [7, 11) is -0.575. The highest BCUT2D eigenvalue weighted by Gasteiger charge is 2.37. The van der Waals surface area contributed by atoms with Crippen molar-refractivity contribution in [2.75, 3.05) is 20.3 Å². The zero-order valence-electron chi connectivity index (χ0n) is 10.2. The van der Waals surface area contributed by atoms with E-state index < -0.39 is 8.56 Å². The predicted molar refractivity (Wildman–Crippen MR) is 63.2 cm³/mol. The van der Waals surface area contributed by atoms with E-state index in [1.165, 1.54) is 7.05 Å². The highest BCUT2D eigenvalue weighted by atomic mass is 28.4. The molecule has 0 saturated heterocycles. The van der Waals surface area contributed by atoms with Crippen LogP contribution >= 0.6 is 0 Å². The van der Waals surface area contributed by atoms with Crippen LogP contribution in [0.4, 0.5) is 0 Å². The van der Waals surface area contributed by atoms with Crippen LogP contribution in [-0.4, -0.2) is 34.5 Å². The Balaban J connectivity index is 0. The second-order valence-electron chi connectivity index (χ2n) is 2.90. The SMILES string of the molecule is CCO[Si](C)(OCC)C(N)CC.CN. The molecule has 0 aromatic carbocycles. The minimum absolute atomic E-state index is 0.0809. The largest absolute Gasteiger partial charge is 0.394 e. The van der Waals surface area contributed by atoms with Crippen molar-refractivity contribution >= 4 is 8.56 Å². The molecule has 14 heavy (non-hydrogen) atoms. The van der Waals surface area contributed by atoms with Gasteiger partial charge in [-0.2, -0.15) is 0 Å². The van der Waals surface area contributed by atoms with Crippen LogP contribution in [-0.2, 0) is 8.85 Å². The molecule has 0 rings (SSSR count). The van der Waals surface area contributed by atoms with E-state index in [-0.39, 0.29) is 5.67 Å². The van der Waals surface area contributed by atoms with E-state index in [1.54, 1.807) is 0 Å². The minimum atomic E-state index is -2.08. The van der Waals surface area contributed by atoms with Crippen LogP contribution in [0, 0.1) is 0 Å². The molecule has 0 aliphatic heterocycles. The summed E-state index contributed by atoms with van der Waals surface area (Å²) in [5.41, 5.74) is 10.5. The monoisotopic (exact) mass is 222 g/mol. The molecular formula is C9H26N2O2Si. The molecule has 0 heterocycles. The average Bonchev–Trinajstić information content (AvgIpc) is 2.20. The van der Waals surface area contributed by atoms with Crippen LogP contribution < -0.4 is 11.5 Å². The number of hydrogen-bond acceptors (Lipinski definition) is 4. The summed E-state index contributed by atoms with van der Waals surface area (Å²) < 4.78 is 11.2. The Hall–Kier alpha value is 0.0569. The summed E-state index contributed by atoms with van der Waals surface area (Å²) in [5, 5.41) is 0.